The Kier molecular flexibility index (Phi) is 4.13. The Bertz CT molecular complexity index is 748. The van der Waals surface area contributed by atoms with Gasteiger partial charge in [0, 0.05) is 0 Å². The molecule has 1 heterocycles. The van der Waals surface area contributed by atoms with Gasteiger partial charge in [-0.15, -0.1) is 0 Å². The summed E-state index contributed by atoms with van der Waals surface area (Å²) in [6, 6.07) is 7.75. The third-order valence-electron chi connectivity index (χ3n) is 2.90. The third kappa shape index (κ3) is 3.33. The van der Waals surface area contributed by atoms with Crippen molar-refractivity contribution in [3.8, 4) is 5.88 Å². The molecule has 0 saturated carbocycles. The van der Waals surface area contributed by atoms with Crippen molar-refractivity contribution in [3.05, 3.63) is 61.7 Å². The van der Waals surface area contributed by atoms with Crippen molar-refractivity contribution in [2.24, 2.45) is 0 Å². The molecule has 0 saturated heterocycles. The minimum absolute atomic E-state index is 0.0441. The summed E-state index contributed by atoms with van der Waals surface area (Å²) in [6.45, 7) is 2.05. The van der Waals surface area contributed by atoms with Gasteiger partial charge in [-0.3, -0.25) is 14.9 Å². The van der Waals surface area contributed by atoms with Crippen LogP contribution in [0, 0.1) is 10.1 Å². The Morgan fingerprint density at radius 2 is 2.00 bits per heavy atom. The van der Waals surface area contributed by atoms with Crippen molar-refractivity contribution in [1.82, 2.24) is 9.97 Å². The molecule has 0 aliphatic carbocycles. The van der Waals surface area contributed by atoms with Gasteiger partial charge in [0.15, 0.2) is 0 Å². The van der Waals surface area contributed by atoms with E-state index in [-0.39, 0.29) is 5.82 Å². The van der Waals surface area contributed by atoms with Crippen LogP contribution in [-0.4, -0.2) is 20.0 Å². The van der Waals surface area contributed by atoms with E-state index in [9.17, 15) is 20.0 Å². The van der Waals surface area contributed by atoms with Gasteiger partial charge in [-0.2, -0.15) is 4.98 Å². The molecule has 2 N–H and O–H groups in total. The number of hydrogen-bond donors (Lipinski definition) is 2. The first-order chi connectivity index (χ1) is 10.0. The lowest BCUT2D eigenvalue weighted by Gasteiger charge is -1.98. The first kappa shape index (κ1) is 14.4. The van der Waals surface area contributed by atoms with E-state index in [2.05, 4.69) is 16.9 Å². The highest BCUT2D eigenvalue weighted by molar-refractivity contribution is 5.67. The normalized spacial score (nSPS) is 10.9. The van der Waals surface area contributed by atoms with Gasteiger partial charge in [-0.25, -0.2) is 0 Å². The van der Waals surface area contributed by atoms with E-state index in [1.807, 2.05) is 24.3 Å². The number of nitrogens with zero attached hydrogens (tertiary/aromatic N) is 2. The van der Waals surface area contributed by atoms with E-state index >= 15 is 0 Å². The Labute approximate surface area is 119 Å². The van der Waals surface area contributed by atoms with Gasteiger partial charge in [0.1, 0.15) is 5.82 Å². The molecule has 21 heavy (non-hydrogen) atoms. The predicted octanol–water partition coefficient (Wildman–Crippen LogP) is 2.12. The summed E-state index contributed by atoms with van der Waals surface area (Å²) in [6.07, 6.45) is 4.09. The zero-order chi connectivity index (χ0) is 15.4. The van der Waals surface area contributed by atoms with Gasteiger partial charge in [-0.05, 0) is 23.6 Å². The summed E-state index contributed by atoms with van der Waals surface area (Å²) in [7, 11) is 0. The fourth-order valence-corrected chi connectivity index (χ4v) is 1.76. The molecule has 2 aromatic rings. The fraction of sp³-hybridized carbons (Fsp3) is 0.143. The maximum atomic E-state index is 11.5. The number of aromatic amines is 1. The lowest BCUT2D eigenvalue weighted by Crippen LogP contribution is -2.14. The van der Waals surface area contributed by atoms with Gasteiger partial charge in [0.25, 0.3) is 5.88 Å². The SMILES string of the molecule is CCc1ccc(/C=C/c2nc(O)c([N+](=O)[O-])c(=O)[nH]2)cc1. The maximum absolute atomic E-state index is 11.5. The summed E-state index contributed by atoms with van der Waals surface area (Å²) in [5.41, 5.74) is 0.132. The standard InChI is InChI=1S/C14H13N3O4/c1-2-9-3-5-10(6-4-9)7-8-11-15-13(18)12(17(20)21)14(19)16-11/h3-8H,2H2,1H3,(H2,15,16,18,19)/b8-7+. The monoisotopic (exact) mass is 287 g/mol. The lowest BCUT2D eigenvalue weighted by molar-refractivity contribution is -0.387. The van der Waals surface area contributed by atoms with Crippen LogP contribution >= 0.6 is 0 Å². The molecule has 1 aromatic carbocycles. The number of aryl methyl sites for hydroxylation is 1. The molecular weight excluding hydrogens is 274 g/mol. The van der Waals surface area contributed by atoms with Crippen molar-refractivity contribution in [2.45, 2.75) is 13.3 Å². The smallest absolute Gasteiger partial charge is 0.395 e. The van der Waals surface area contributed by atoms with E-state index in [4.69, 9.17) is 0 Å². The number of rotatable bonds is 4. The summed E-state index contributed by atoms with van der Waals surface area (Å²) in [5, 5.41) is 20.0. The van der Waals surface area contributed by atoms with Crippen molar-refractivity contribution in [3.63, 3.8) is 0 Å². The number of aromatic hydroxyl groups is 1. The molecule has 0 radical (unpaired) electrons. The molecule has 0 bridgehead atoms. The topological polar surface area (TPSA) is 109 Å². The molecule has 7 heteroatoms. The van der Waals surface area contributed by atoms with Crippen LogP contribution in [0.25, 0.3) is 12.2 Å². The Hall–Kier alpha value is -2.96. The highest BCUT2D eigenvalue weighted by Crippen LogP contribution is 2.17. The second-order valence-electron chi connectivity index (χ2n) is 4.31. The number of nitrogens with one attached hydrogen (secondary N) is 1. The average molecular weight is 287 g/mol. The van der Waals surface area contributed by atoms with E-state index in [1.165, 1.54) is 11.6 Å². The van der Waals surface area contributed by atoms with Gasteiger partial charge >= 0.3 is 11.2 Å². The second-order valence-corrected chi connectivity index (χ2v) is 4.31. The van der Waals surface area contributed by atoms with Crippen molar-refractivity contribution in [1.29, 1.82) is 0 Å². The van der Waals surface area contributed by atoms with Crippen LogP contribution in [0.2, 0.25) is 0 Å². The maximum Gasteiger partial charge on any atom is 0.395 e. The van der Waals surface area contributed by atoms with Crippen LogP contribution in [0.4, 0.5) is 5.69 Å². The van der Waals surface area contributed by atoms with E-state index < -0.39 is 22.0 Å². The highest BCUT2D eigenvalue weighted by Gasteiger charge is 2.21. The highest BCUT2D eigenvalue weighted by atomic mass is 16.6. The number of aromatic nitrogens is 2. The summed E-state index contributed by atoms with van der Waals surface area (Å²) < 4.78 is 0. The van der Waals surface area contributed by atoms with Crippen LogP contribution < -0.4 is 5.56 Å². The van der Waals surface area contributed by atoms with Gasteiger partial charge in [0.05, 0.1) is 4.92 Å². The molecule has 0 amide bonds. The Morgan fingerprint density at radius 1 is 1.33 bits per heavy atom. The molecule has 0 aliphatic heterocycles. The van der Waals surface area contributed by atoms with E-state index in [1.54, 1.807) is 6.08 Å². The van der Waals surface area contributed by atoms with Crippen molar-refractivity contribution < 1.29 is 10.0 Å². The average Bonchev–Trinajstić information content (AvgIpc) is 2.44. The molecule has 0 atom stereocenters. The largest absolute Gasteiger partial charge is 0.488 e. The second kappa shape index (κ2) is 6.00. The van der Waals surface area contributed by atoms with Crippen LogP contribution in [-0.2, 0) is 6.42 Å². The lowest BCUT2D eigenvalue weighted by atomic mass is 10.1. The third-order valence-corrected chi connectivity index (χ3v) is 2.90. The van der Waals surface area contributed by atoms with Crippen LogP contribution in [0.15, 0.2) is 29.1 Å². The molecule has 7 nitrogen and oxygen atoms in total. The molecule has 0 aliphatic rings. The quantitative estimate of drug-likeness (QED) is 0.661. The van der Waals surface area contributed by atoms with E-state index in [0.29, 0.717) is 0 Å². The number of benzene rings is 1. The van der Waals surface area contributed by atoms with Crippen LogP contribution in [0.5, 0.6) is 5.88 Å². The van der Waals surface area contributed by atoms with Gasteiger partial charge in [-0.1, -0.05) is 37.3 Å². The predicted molar refractivity (Wildman–Crippen MR) is 77.9 cm³/mol. The first-order valence-electron chi connectivity index (χ1n) is 6.26. The zero-order valence-corrected chi connectivity index (χ0v) is 11.2. The Balaban J connectivity index is 2.29. The van der Waals surface area contributed by atoms with Crippen LogP contribution in [0.1, 0.15) is 23.9 Å². The minimum atomic E-state index is -0.992. The minimum Gasteiger partial charge on any atom is -0.488 e. The van der Waals surface area contributed by atoms with Crippen molar-refractivity contribution in [2.75, 3.05) is 0 Å². The molecular formula is C14H13N3O4. The van der Waals surface area contributed by atoms with Crippen molar-refractivity contribution >= 4 is 17.8 Å². The number of H-pyrrole nitrogens is 1. The van der Waals surface area contributed by atoms with E-state index in [0.717, 1.165) is 12.0 Å². The molecule has 0 unspecified atom stereocenters. The Morgan fingerprint density at radius 3 is 2.52 bits per heavy atom. The van der Waals surface area contributed by atoms with Gasteiger partial charge < -0.3 is 10.1 Å². The summed E-state index contributed by atoms with van der Waals surface area (Å²) in [5.74, 6) is -0.854. The number of hydrogen-bond acceptors (Lipinski definition) is 5. The molecule has 0 fully saturated rings. The summed E-state index contributed by atoms with van der Waals surface area (Å²) >= 11 is 0. The van der Waals surface area contributed by atoms with Crippen LogP contribution in [0.3, 0.4) is 0 Å². The molecule has 1 aromatic heterocycles. The summed E-state index contributed by atoms with van der Waals surface area (Å²) in [4.78, 5) is 26.9. The molecule has 0 spiro atoms. The first-order valence-corrected chi connectivity index (χ1v) is 6.26. The molecule has 2 rings (SSSR count). The zero-order valence-electron chi connectivity index (χ0n) is 11.2. The van der Waals surface area contributed by atoms with Gasteiger partial charge in [0.2, 0.25) is 0 Å². The number of nitro groups is 1. The molecule has 108 valence electrons. The fourth-order valence-electron chi connectivity index (χ4n) is 1.76.